The zero-order chi connectivity index (χ0) is 18.7. The number of nitrogens with zero attached hydrogens (tertiary/aromatic N) is 2. The fourth-order valence-corrected chi connectivity index (χ4v) is 2.59. The summed E-state index contributed by atoms with van der Waals surface area (Å²) in [7, 11) is 0. The van der Waals surface area contributed by atoms with E-state index in [2.05, 4.69) is 15.6 Å². The van der Waals surface area contributed by atoms with Gasteiger partial charge in [0.25, 0.3) is 11.8 Å². The summed E-state index contributed by atoms with van der Waals surface area (Å²) in [6, 6.07) is 12.1. The van der Waals surface area contributed by atoms with Crippen molar-refractivity contribution in [1.29, 1.82) is 0 Å². The molecule has 2 aromatic heterocycles. The average molecular weight is 371 g/mol. The largest absolute Gasteiger partial charge is 0.349 e. The smallest absolute Gasteiger partial charge is 0.287 e. The van der Waals surface area contributed by atoms with E-state index < -0.39 is 0 Å². The lowest BCUT2D eigenvalue weighted by Gasteiger charge is -2.06. The minimum atomic E-state index is -0.390. The second-order valence-electron chi connectivity index (χ2n) is 6.30. The number of nitrogens with one attached hydrogen (secondary N) is 2. The van der Waals surface area contributed by atoms with Crippen LogP contribution in [0, 0.1) is 5.92 Å². The molecule has 3 rings (SSSR count). The summed E-state index contributed by atoms with van der Waals surface area (Å²) < 4.78 is 1.62. The van der Waals surface area contributed by atoms with Gasteiger partial charge in [-0.1, -0.05) is 31.5 Å². The molecule has 7 heteroatoms. The van der Waals surface area contributed by atoms with E-state index in [9.17, 15) is 9.59 Å². The molecule has 0 spiro atoms. The summed E-state index contributed by atoms with van der Waals surface area (Å²) in [4.78, 5) is 29.4. The lowest BCUT2D eigenvalue weighted by Crippen LogP contribution is -2.29. The summed E-state index contributed by atoms with van der Waals surface area (Å²) >= 11 is 5.86. The first-order valence-electron chi connectivity index (χ1n) is 8.28. The van der Waals surface area contributed by atoms with E-state index in [0.717, 1.165) is 0 Å². The second-order valence-corrected chi connectivity index (χ2v) is 6.74. The molecule has 0 radical (unpaired) electrons. The van der Waals surface area contributed by atoms with Crippen molar-refractivity contribution in [3.8, 4) is 0 Å². The Morgan fingerprint density at radius 3 is 2.54 bits per heavy atom. The number of anilines is 1. The van der Waals surface area contributed by atoms with Gasteiger partial charge in [0.2, 0.25) is 5.82 Å². The zero-order valence-corrected chi connectivity index (χ0v) is 15.2. The predicted octanol–water partition coefficient (Wildman–Crippen LogP) is 3.63. The second kappa shape index (κ2) is 7.58. The quantitative estimate of drug-likeness (QED) is 0.720. The number of carbonyl (C=O) groups excluding carboxylic acids is 2. The molecule has 0 aliphatic heterocycles. The number of aromatic nitrogens is 2. The summed E-state index contributed by atoms with van der Waals surface area (Å²) in [6.45, 7) is 4.55. The molecule has 0 aliphatic carbocycles. The Kier molecular flexibility index (Phi) is 5.23. The van der Waals surface area contributed by atoms with Crippen LogP contribution in [0.3, 0.4) is 0 Å². The van der Waals surface area contributed by atoms with Crippen molar-refractivity contribution in [3.63, 3.8) is 0 Å². The van der Waals surface area contributed by atoms with Crippen molar-refractivity contribution in [3.05, 3.63) is 65.2 Å². The number of carbonyl (C=O) groups is 2. The molecule has 2 heterocycles. The molecule has 0 aliphatic rings. The fraction of sp³-hybridized carbons (Fsp3) is 0.211. The molecule has 1 aromatic carbocycles. The van der Waals surface area contributed by atoms with E-state index in [0.29, 0.717) is 28.7 Å². The SMILES string of the molecule is CC(C)CNC(=O)c1nc(C(=O)Nc2ccc(Cl)cc2)c2ccccn12. The van der Waals surface area contributed by atoms with Gasteiger partial charge in [0.15, 0.2) is 5.69 Å². The molecular weight excluding hydrogens is 352 g/mol. The predicted molar refractivity (Wildman–Crippen MR) is 102 cm³/mol. The Morgan fingerprint density at radius 2 is 1.85 bits per heavy atom. The van der Waals surface area contributed by atoms with Crippen LogP contribution in [0.15, 0.2) is 48.7 Å². The molecule has 134 valence electrons. The topological polar surface area (TPSA) is 75.5 Å². The summed E-state index contributed by atoms with van der Waals surface area (Å²) in [5.41, 5.74) is 1.35. The Bertz CT molecular complexity index is 948. The molecule has 3 aromatic rings. The van der Waals surface area contributed by atoms with Crippen LogP contribution in [-0.4, -0.2) is 27.7 Å². The Labute approximate surface area is 156 Å². The number of rotatable bonds is 5. The van der Waals surface area contributed by atoms with Gasteiger partial charge in [-0.25, -0.2) is 4.98 Å². The molecule has 0 bridgehead atoms. The third-order valence-corrected chi connectivity index (χ3v) is 3.99. The highest BCUT2D eigenvalue weighted by Gasteiger charge is 2.21. The summed E-state index contributed by atoms with van der Waals surface area (Å²) in [5, 5.41) is 6.19. The average Bonchev–Trinajstić information content (AvgIpc) is 3.01. The van der Waals surface area contributed by atoms with Crippen molar-refractivity contribution < 1.29 is 9.59 Å². The maximum absolute atomic E-state index is 12.7. The molecule has 0 unspecified atom stereocenters. The molecule has 6 nitrogen and oxygen atoms in total. The number of hydrogen-bond acceptors (Lipinski definition) is 3. The Hall–Kier alpha value is -2.86. The fourth-order valence-electron chi connectivity index (χ4n) is 2.46. The zero-order valence-electron chi connectivity index (χ0n) is 14.5. The minimum absolute atomic E-state index is 0.183. The standard InChI is InChI=1S/C19H19ClN4O2/c1-12(2)11-21-19(26)17-23-16(15-5-3-4-10-24(15)17)18(25)22-14-8-6-13(20)7-9-14/h3-10,12H,11H2,1-2H3,(H,21,26)(H,22,25). The number of imidazole rings is 1. The van der Waals surface area contributed by atoms with Crippen molar-refractivity contribution in [2.24, 2.45) is 5.92 Å². The van der Waals surface area contributed by atoms with Crippen LogP contribution in [0.4, 0.5) is 5.69 Å². The maximum Gasteiger partial charge on any atom is 0.287 e. The van der Waals surface area contributed by atoms with E-state index in [1.807, 2.05) is 13.8 Å². The normalized spacial score (nSPS) is 10.9. The van der Waals surface area contributed by atoms with Crippen LogP contribution >= 0.6 is 11.6 Å². The van der Waals surface area contributed by atoms with E-state index in [1.165, 1.54) is 0 Å². The third-order valence-electron chi connectivity index (χ3n) is 3.74. The molecule has 0 atom stereocenters. The summed E-state index contributed by atoms with van der Waals surface area (Å²) in [6.07, 6.45) is 1.71. The minimum Gasteiger partial charge on any atom is -0.349 e. The Balaban J connectivity index is 1.92. The van der Waals surface area contributed by atoms with E-state index >= 15 is 0 Å². The molecule has 0 fully saturated rings. The monoisotopic (exact) mass is 370 g/mol. The molecule has 0 saturated carbocycles. The van der Waals surface area contributed by atoms with Crippen LogP contribution in [0.25, 0.3) is 5.52 Å². The van der Waals surface area contributed by atoms with Crippen molar-refractivity contribution in [1.82, 2.24) is 14.7 Å². The Morgan fingerprint density at radius 1 is 1.12 bits per heavy atom. The van der Waals surface area contributed by atoms with Crippen LogP contribution in [0.1, 0.15) is 35.0 Å². The molecule has 26 heavy (non-hydrogen) atoms. The van der Waals surface area contributed by atoms with Gasteiger partial charge in [-0.15, -0.1) is 0 Å². The van der Waals surface area contributed by atoms with E-state index in [-0.39, 0.29) is 23.3 Å². The van der Waals surface area contributed by atoms with Gasteiger partial charge in [0, 0.05) is 23.5 Å². The first-order valence-corrected chi connectivity index (χ1v) is 8.65. The number of hydrogen-bond donors (Lipinski definition) is 2. The van der Waals surface area contributed by atoms with Crippen LogP contribution in [0.2, 0.25) is 5.02 Å². The van der Waals surface area contributed by atoms with Gasteiger partial charge >= 0.3 is 0 Å². The molecule has 0 saturated heterocycles. The van der Waals surface area contributed by atoms with Gasteiger partial charge in [0.1, 0.15) is 0 Å². The molecular formula is C19H19ClN4O2. The number of benzene rings is 1. The number of halogens is 1. The number of amides is 2. The van der Waals surface area contributed by atoms with Gasteiger partial charge in [-0.05, 0) is 42.3 Å². The third kappa shape index (κ3) is 3.86. The van der Waals surface area contributed by atoms with Gasteiger partial charge in [0.05, 0.1) is 5.52 Å². The highest BCUT2D eigenvalue weighted by atomic mass is 35.5. The van der Waals surface area contributed by atoms with Gasteiger partial charge < -0.3 is 10.6 Å². The molecule has 2 N–H and O–H groups in total. The lowest BCUT2D eigenvalue weighted by molar-refractivity contribution is 0.0938. The molecule has 2 amide bonds. The number of pyridine rings is 1. The van der Waals surface area contributed by atoms with Crippen LogP contribution in [-0.2, 0) is 0 Å². The van der Waals surface area contributed by atoms with Crippen molar-refractivity contribution in [2.45, 2.75) is 13.8 Å². The van der Waals surface area contributed by atoms with Crippen LogP contribution < -0.4 is 10.6 Å². The van der Waals surface area contributed by atoms with E-state index in [4.69, 9.17) is 11.6 Å². The summed E-state index contributed by atoms with van der Waals surface area (Å²) in [5.74, 6) is -0.204. The van der Waals surface area contributed by atoms with Crippen molar-refractivity contribution >= 4 is 34.6 Å². The highest BCUT2D eigenvalue weighted by molar-refractivity contribution is 6.30. The highest BCUT2D eigenvalue weighted by Crippen LogP contribution is 2.17. The lowest BCUT2D eigenvalue weighted by atomic mass is 10.2. The van der Waals surface area contributed by atoms with Crippen LogP contribution in [0.5, 0.6) is 0 Å². The number of fused-ring (bicyclic) bond motifs is 1. The maximum atomic E-state index is 12.7. The first kappa shape index (κ1) is 17.9. The van der Waals surface area contributed by atoms with E-state index in [1.54, 1.807) is 53.1 Å². The van der Waals surface area contributed by atoms with Gasteiger partial charge in [-0.2, -0.15) is 0 Å². The van der Waals surface area contributed by atoms with Gasteiger partial charge in [-0.3, -0.25) is 14.0 Å². The van der Waals surface area contributed by atoms with Crippen molar-refractivity contribution in [2.75, 3.05) is 11.9 Å². The first-order chi connectivity index (χ1) is 12.5.